The van der Waals surface area contributed by atoms with Crippen molar-refractivity contribution in [2.24, 2.45) is 0 Å². The second kappa shape index (κ2) is 7.11. The fraction of sp³-hybridized carbons (Fsp3) is 0.0476. The highest BCUT2D eigenvalue weighted by molar-refractivity contribution is 5.89. The number of H-pyrrole nitrogens is 1. The highest BCUT2D eigenvalue weighted by Crippen LogP contribution is 2.26. The average Bonchev–Trinajstić information content (AvgIpc) is 3.05. The van der Waals surface area contributed by atoms with E-state index in [1.165, 1.54) is 6.92 Å². The Kier molecular flexibility index (Phi) is 4.49. The highest BCUT2D eigenvalue weighted by atomic mass is 19.2. The minimum atomic E-state index is -0.931. The SMILES string of the molecule is CC(=O)Nc1cccc(Nc2cccc(-c3nc4cc(F)c(F)cc4[nH]3)c2)c1. The molecule has 4 aromatic rings. The van der Waals surface area contributed by atoms with E-state index in [9.17, 15) is 13.6 Å². The van der Waals surface area contributed by atoms with Gasteiger partial charge in [-0.25, -0.2) is 13.8 Å². The summed E-state index contributed by atoms with van der Waals surface area (Å²) < 4.78 is 26.8. The van der Waals surface area contributed by atoms with Crippen LogP contribution in [0.15, 0.2) is 60.7 Å². The van der Waals surface area contributed by atoms with Crippen LogP contribution in [0.1, 0.15) is 6.92 Å². The van der Waals surface area contributed by atoms with Crippen LogP contribution in [0.4, 0.5) is 25.8 Å². The number of carbonyl (C=O) groups is 1. The quantitative estimate of drug-likeness (QED) is 0.457. The summed E-state index contributed by atoms with van der Waals surface area (Å²) in [4.78, 5) is 18.6. The lowest BCUT2D eigenvalue weighted by molar-refractivity contribution is -0.114. The van der Waals surface area contributed by atoms with Crippen molar-refractivity contribution >= 4 is 34.0 Å². The number of amides is 1. The molecule has 3 aromatic carbocycles. The van der Waals surface area contributed by atoms with E-state index in [4.69, 9.17) is 0 Å². The Morgan fingerprint density at radius 1 is 0.929 bits per heavy atom. The molecule has 0 aliphatic carbocycles. The molecule has 1 heterocycles. The van der Waals surface area contributed by atoms with E-state index in [1.54, 1.807) is 6.07 Å². The van der Waals surface area contributed by atoms with Crippen molar-refractivity contribution in [3.63, 3.8) is 0 Å². The molecule has 0 bridgehead atoms. The first-order valence-corrected chi connectivity index (χ1v) is 8.58. The topological polar surface area (TPSA) is 69.8 Å². The van der Waals surface area contributed by atoms with Crippen LogP contribution in [-0.4, -0.2) is 15.9 Å². The van der Waals surface area contributed by atoms with Gasteiger partial charge in [-0.3, -0.25) is 4.79 Å². The molecule has 28 heavy (non-hydrogen) atoms. The number of hydrogen-bond acceptors (Lipinski definition) is 3. The zero-order valence-corrected chi connectivity index (χ0v) is 14.9. The minimum Gasteiger partial charge on any atom is -0.355 e. The lowest BCUT2D eigenvalue weighted by Crippen LogP contribution is -2.05. The number of rotatable bonds is 4. The van der Waals surface area contributed by atoms with Crippen LogP contribution in [-0.2, 0) is 4.79 Å². The van der Waals surface area contributed by atoms with Gasteiger partial charge in [-0.05, 0) is 30.3 Å². The monoisotopic (exact) mass is 378 g/mol. The first kappa shape index (κ1) is 17.7. The standard InChI is InChI=1S/C21H16F2N4O/c1-12(28)24-15-6-3-7-16(9-15)25-14-5-2-4-13(8-14)21-26-19-10-17(22)18(23)11-20(19)27-21/h2-11,25H,1H3,(H,24,28)(H,26,27). The van der Waals surface area contributed by atoms with Crippen LogP contribution in [0.3, 0.4) is 0 Å². The summed E-state index contributed by atoms with van der Waals surface area (Å²) in [6.07, 6.45) is 0. The molecule has 0 aliphatic heterocycles. The van der Waals surface area contributed by atoms with Crippen molar-refractivity contribution in [2.75, 3.05) is 10.6 Å². The maximum absolute atomic E-state index is 13.4. The van der Waals surface area contributed by atoms with Crippen molar-refractivity contribution in [3.05, 3.63) is 72.3 Å². The molecule has 1 aromatic heterocycles. The molecule has 0 saturated heterocycles. The Morgan fingerprint density at radius 2 is 1.61 bits per heavy atom. The van der Waals surface area contributed by atoms with E-state index >= 15 is 0 Å². The van der Waals surface area contributed by atoms with Crippen LogP contribution >= 0.6 is 0 Å². The number of benzene rings is 3. The molecule has 3 N–H and O–H groups in total. The van der Waals surface area contributed by atoms with Gasteiger partial charge in [-0.2, -0.15) is 0 Å². The fourth-order valence-electron chi connectivity index (χ4n) is 2.93. The summed E-state index contributed by atoms with van der Waals surface area (Å²) in [6, 6.07) is 17.0. The summed E-state index contributed by atoms with van der Waals surface area (Å²) in [5, 5.41) is 6.00. The molecule has 140 valence electrons. The van der Waals surface area contributed by atoms with Gasteiger partial charge in [0.05, 0.1) is 11.0 Å². The number of imidazole rings is 1. The third-order valence-corrected chi connectivity index (χ3v) is 4.13. The number of carbonyl (C=O) groups excluding carboxylic acids is 1. The van der Waals surface area contributed by atoms with E-state index in [-0.39, 0.29) is 5.91 Å². The van der Waals surface area contributed by atoms with Crippen molar-refractivity contribution in [1.29, 1.82) is 0 Å². The van der Waals surface area contributed by atoms with E-state index in [0.29, 0.717) is 22.5 Å². The number of fused-ring (bicyclic) bond motifs is 1. The fourth-order valence-corrected chi connectivity index (χ4v) is 2.93. The van der Waals surface area contributed by atoms with Gasteiger partial charge in [0, 0.05) is 41.7 Å². The van der Waals surface area contributed by atoms with Crippen LogP contribution in [0.2, 0.25) is 0 Å². The molecule has 0 aliphatic rings. The average molecular weight is 378 g/mol. The van der Waals surface area contributed by atoms with Gasteiger partial charge in [0.2, 0.25) is 5.91 Å². The summed E-state index contributed by atoms with van der Waals surface area (Å²) in [5.74, 6) is -1.48. The maximum atomic E-state index is 13.4. The molecule has 0 spiro atoms. The number of anilines is 3. The second-order valence-electron chi connectivity index (χ2n) is 6.34. The molecular weight excluding hydrogens is 362 g/mol. The molecule has 0 fully saturated rings. The lowest BCUT2D eigenvalue weighted by Gasteiger charge is -2.09. The van der Waals surface area contributed by atoms with Crippen LogP contribution in [0, 0.1) is 11.6 Å². The first-order valence-electron chi connectivity index (χ1n) is 8.58. The van der Waals surface area contributed by atoms with Gasteiger partial charge >= 0.3 is 0 Å². The van der Waals surface area contributed by atoms with Crippen molar-refractivity contribution in [1.82, 2.24) is 9.97 Å². The predicted octanol–water partition coefficient (Wildman–Crippen LogP) is 5.21. The molecule has 4 rings (SSSR count). The van der Waals surface area contributed by atoms with Crippen LogP contribution < -0.4 is 10.6 Å². The molecule has 0 unspecified atom stereocenters. The number of aromatic amines is 1. The second-order valence-corrected chi connectivity index (χ2v) is 6.34. The Morgan fingerprint density at radius 3 is 2.39 bits per heavy atom. The van der Waals surface area contributed by atoms with Gasteiger partial charge in [-0.1, -0.05) is 18.2 Å². The first-order chi connectivity index (χ1) is 13.5. The van der Waals surface area contributed by atoms with E-state index < -0.39 is 11.6 Å². The Labute approximate surface area is 159 Å². The third kappa shape index (κ3) is 3.68. The zero-order valence-electron chi connectivity index (χ0n) is 14.9. The Hall–Kier alpha value is -3.74. The van der Waals surface area contributed by atoms with Crippen molar-refractivity contribution in [2.45, 2.75) is 6.92 Å². The smallest absolute Gasteiger partial charge is 0.221 e. The summed E-state index contributed by atoms with van der Waals surface area (Å²) in [5.41, 5.74) is 3.84. The summed E-state index contributed by atoms with van der Waals surface area (Å²) in [6.45, 7) is 1.45. The lowest BCUT2D eigenvalue weighted by atomic mass is 10.2. The summed E-state index contributed by atoms with van der Waals surface area (Å²) >= 11 is 0. The van der Waals surface area contributed by atoms with Crippen LogP contribution in [0.5, 0.6) is 0 Å². The minimum absolute atomic E-state index is 0.142. The van der Waals surface area contributed by atoms with Gasteiger partial charge in [0.1, 0.15) is 5.82 Å². The molecule has 7 heteroatoms. The van der Waals surface area contributed by atoms with E-state index in [1.807, 2.05) is 42.5 Å². The number of nitrogens with one attached hydrogen (secondary N) is 3. The largest absolute Gasteiger partial charge is 0.355 e. The third-order valence-electron chi connectivity index (χ3n) is 4.13. The number of nitrogens with zero attached hydrogens (tertiary/aromatic N) is 1. The zero-order chi connectivity index (χ0) is 19.7. The van der Waals surface area contributed by atoms with Crippen molar-refractivity contribution in [3.8, 4) is 11.4 Å². The normalized spacial score (nSPS) is 10.8. The van der Waals surface area contributed by atoms with E-state index in [0.717, 1.165) is 29.1 Å². The summed E-state index contributed by atoms with van der Waals surface area (Å²) in [7, 11) is 0. The van der Waals surface area contributed by atoms with Gasteiger partial charge < -0.3 is 15.6 Å². The predicted molar refractivity (Wildman–Crippen MR) is 105 cm³/mol. The van der Waals surface area contributed by atoms with Crippen LogP contribution in [0.25, 0.3) is 22.4 Å². The number of hydrogen-bond donors (Lipinski definition) is 3. The highest BCUT2D eigenvalue weighted by Gasteiger charge is 2.10. The van der Waals surface area contributed by atoms with Crippen molar-refractivity contribution < 1.29 is 13.6 Å². The van der Waals surface area contributed by atoms with E-state index in [2.05, 4.69) is 20.6 Å². The molecular formula is C21H16F2N4O. The number of halogens is 2. The number of aromatic nitrogens is 2. The van der Waals surface area contributed by atoms with Gasteiger partial charge in [0.15, 0.2) is 11.6 Å². The van der Waals surface area contributed by atoms with Gasteiger partial charge in [-0.15, -0.1) is 0 Å². The van der Waals surface area contributed by atoms with Gasteiger partial charge in [0.25, 0.3) is 0 Å². The molecule has 5 nitrogen and oxygen atoms in total. The Bertz CT molecular complexity index is 1150. The molecule has 0 atom stereocenters. The molecule has 0 saturated carbocycles. The Balaban J connectivity index is 1.62. The molecule has 1 amide bonds. The maximum Gasteiger partial charge on any atom is 0.221 e. The molecule has 0 radical (unpaired) electrons.